The largest absolute Gasteiger partial charge is 0.465 e. The number of fused-ring (bicyclic) bond motifs is 1. The van der Waals surface area contributed by atoms with Gasteiger partial charge in [0.2, 0.25) is 17.1 Å². The average molecular weight is 542 g/mol. The number of ether oxygens (including phenoxy) is 1. The van der Waals surface area contributed by atoms with E-state index in [1.807, 2.05) is 30.3 Å². The van der Waals surface area contributed by atoms with Crippen LogP contribution in [0.3, 0.4) is 0 Å². The van der Waals surface area contributed by atoms with Crippen molar-refractivity contribution in [3.8, 4) is 0 Å². The molecule has 2 heterocycles. The van der Waals surface area contributed by atoms with Crippen molar-refractivity contribution < 1.29 is 29.2 Å². The molecule has 3 aromatic rings. The summed E-state index contributed by atoms with van der Waals surface area (Å²) in [7, 11) is 0. The zero-order valence-corrected chi connectivity index (χ0v) is 21.5. The van der Waals surface area contributed by atoms with Gasteiger partial charge in [0.25, 0.3) is 0 Å². The first-order valence-electron chi connectivity index (χ1n) is 11.9. The number of hydrogen-bond acceptors (Lipinski definition) is 6. The van der Waals surface area contributed by atoms with E-state index in [9.17, 15) is 14.7 Å². The second-order valence-electron chi connectivity index (χ2n) is 9.24. The normalized spacial score (nSPS) is 24.5. The highest BCUT2D eigenvalue weighted by Crippen LogP contribution is 2.57. The maximum Gasteiger partial charge on any atom is 0.327 e. The van der Waals surface area contributed by atoms with Gasteiger partial charge in [-0.25, -0.2) is 4.89 Å². The van der Waals surface area contributed by atoms with Crippen molar-refractivity contribution in [3.63, 3.8) is 0 Å². The maximum absolute atomic E-state index is 14.1. The van der Waals surface area contributed by atoms with Gasteiger partial charge in [0, 0.05) is 23.0 Å². The van der Waals surface area contributed by atoms with Crippen LogP contribution >= 0.6 is 23.2 Å². The van der Waals surface area contributed by atoms with Gasteiger partial charge in [-0.1, -0.05) is 77.8 Å². The Labute approximate surface area is 224 Å². The van der Waals surface area contributed by atoms with Crippen LogP contribution in [0, 0.1) is 5.41 Å². The standard InChI is InChI=1S/C28H25Cl2NO6/c1-2-35-25(33)26-17-27(20-8-12-22(29)13-9-20,21-10-14-23(30)15-11-21)36-37-28(26,34)18-31(24(26)32)16-19-6-4-3-5-7-19/h3-15,34H,2,16-18H2,1H3. The van der Waals surface area contributed by atoms with Crippen molar-refractivity contribution in [1.29, 1.82) is 0 Å². The fourth-order valence-electron chi connectivity index (χ4n) is 5.17. The molecular weight excluding hydrogens is 517 g/mol. The van der Waals surface area contributed by atoms with Crippen LogP contribution in [0.2, 0.25) is 10.0 Å². The minimum Gasteiger partial charge on any atom is -0.465 e. The molecule has 2 unspecified atom stereocenters. The van der Waals surface area contributed by atoms with Crippen LogP contribution in [-0.2, 0) is 36.2 Å². The van der Waals surface area contributed by atoms with E-state index >= 15 is 0 Å². The van der Waals surface area contributed by atoms with E-state index in [0.717, 1.165) is 5.56 Å². The Morgan fingerprint density at radius 1 is 0.946 bits per heavy atom. The number of likely N-dealkylation sites (tertiary alicyclic amines) is 1. The Bertz CT molecular complexity index is 1260. The number of carbonyl (C=O) groups excluding carboxylic acids is 2. The van der Waals surface area contributed by atoms with Crippen molar-refractivity contribution in [2.24, 2.45) is 5.41 Å². The molecule has 1 amide bonds. The van der Waals surface area contributed by atoms with Gasteiger partial charge in [0.05, 0.1) is 13.2 Å². The van der Waals surface area contributed by atoms with Crippen molar-refractivity contribution in [2.45, 2.75) is 31.3 Å². The lowest BCUT2D eigenvalue weighted by Gasteiger charge is -2.48. The van der Waals surface area contributed by atoms with Crippen LogP contribution in [0.25, 0.3) is 0 Å². The number of esters is 1. The van der Waals surface area contributed by atoms with Crippen LogP contribution in [0.1, 0.15) is 30.0 Å². The summed E-state index contributed by atoms with van der Waals surface area (Å²) in [5.41, 5.74) is -1.60. The van der Waals surface area contributed by atoms with Crippen LogP contribution in [0.4, 0.5) is 0 Å². The fourth-order valence-corrected chi connectivity index (χ4v) is 5.42. The fraction of sp³-hybridized carbons (Fsp3) is 0.286. The molecule has 0 aliphatic carbocycles. The van der Waals surface area contributed by atoms with Crippen LogP contribution in [-0.4, -0.2) is 40.8 Å². The highest BCUT2D eigenvalue weighted by Gasteiger charge is 2.76. The molecule has 2 saturated heterocycles. The molecule has 37 heavy (non-hydrogen) atoms. The predicted molar refractivity (Wildman–Crippen MR) is 136 cm³/mol. The van der Waals surface area contributed by atoms with E-state index in [1.165, 1.54) is 4.90 Å². The monoisotopic (exact) mass is 541 g/mol. The number of carbonyl (C=O) groups is 2. The zero-order valence-electron chi connectivity index (χ0n) is 20.0. The number of rotatable bonds is 6. The summed E-state index contributed by atoms with van der Waals surface area (Å²) in [5.74, 6) is -3.77. The Kier molecular flexibility index (Phi) is 6.77. The minimum absolute atomic E-state index is 0.0123. The van der Waals surface area contributed by atoms with Gasteiger partial charge in [0.15, 0.2) is 5.60 Å². The van der Waals surface area contributed by atoms with Gasteiger partial charge in [0.1, 0.15) is 0 Å². The van der Waals surface area contributed by atoms with E-state index in [-0.39, 0.29) is 26.1 Å². The van der Waals surface area contributed by atoms with E-state index in [2.05, 4.69) is 0 Å². The maximum atomic E-state index is 14.1. The molecule has 192 valence electrons. The molecule has 9 heteroatoms. The Morgan fingerprint density at radius 3 is 2.05 bits per heavy atom. The van der Waals surface area contributed by atoms with Gasteiger partial charge < -0.3 is 14.7 Å². The topological polar surface area (TPSA) is 85.3 Å². The number of hydrogen-bond donors (Lipinski definition) is 1. The summed E-state index contributed by atoms with van der Waals surface area (Å²) in [4.78, 5) is 40.9. The number of benzene rings is 3. The molecular formula is C28H25Cl2NO6. The molecule has 7 nitrogen and oxygen atoms in total. The molecule has 3 aromatic carbocycles. The van der Waals surface area contributed by atoms with E-state index < -0.39 is 28.7 Å². The molecule has 2 atom stereocenters. The molecule has 0 radical (unpaired) electrons. The van der Waals surface area contributed by atoms with Crippen molar-refractivity contribution in [1.82, 2.24) is 4.90 Å². The third-order valence-electron chi connectivity index (χ3n) is 7.02. The summed E-state index contributed by atoms with van der Waals surface area (Å²) in [6, 6.07) is 22.9. The first kappa shape index (κ1) is 25.7. The van der Waals surface area contributed by atoms with E-state index in [4.69, 9.17) is 37.7 Å². The number of aliphatic hydroxyl groups is 1. The number of amides is 1. The molecule has 0 aromatic heterocycles. The lowest BCUT2D eigenvalue weighted by Crippen LogP contribution is -2.64. The smallest absolute Gasteiger partial charge is 0.327 e. The second kappa shape index (κ2) is 9.74. The molecule has 2 fully saturated rings. The first-order chi connectivity index (χ1) is 17.7. The summed E-state index contributed by atoms with van der Waals surface area (Å²) < 4.78 is 5.40. The Balaban J connectivity index is 1.66. The first-order valence-corrected chi connectivity index (χ1v) is 12.6. The zero-order chi connectivity index (χ0) is 26.3. The molecule has 0 spiro atoms. The van der Waals surface area contributed by atoms with Gasteiger partial charge >= 0.3 is 5.97 Å². The summed E-state index contributed by atoms with van der Waals surface area (Å²) >= 11 is 12.3. The molecule has 0 saturated carbocycles. The van der Waals surface area contributed by atoms with E-state index in [0.29, 0.717) is 21.2 Å². The molecule has 2 aliphatic heterocycles. The molecule has 0 bridgehead atoms. The van der Waals surface area contributed by atoms with Gasteiger partial charge in [-0.05, 0) is 47.9 Å². The quantitative estimate of drug-likeness (QED) is 0.272. The Hall–Kier alpha value is -2.94. The lowest BCUT2D eigenvalue weighted by molar-refractivity contribution is -0.497. The third-order valence-corrected chi connectivity index (χ3v) is 7.53. The number of halogens is 2. The SMILES string of the molecule is CCOC(=O)C12CC(c3ccc(Cl)cc3)(c3ccc(Cl)cc3)OOC1(O)CN(Cc1ccccc1)C2=O. The van der Waals surface area contributed by atoms with E-state index in [1.54, 1.807) is 55.5 Å². The van der Waals surface area contributed by atoms with Crippen molar-refractivity contribution in [2.75, 3.05) is 13.2 Å². The highest BCUT2D eigenvalue weighted by atomic mass is 35.5. The summed E-state index contributed by atoms with van der Waals surface area (Å²) in [6.45, 7) is 1.54. The van der Waals surface area contributed by atoms with Gasteiger partial charge in [-0.15, -0.1) is 0 Å². The summed E-state index contributed by atoms with van der Waals surface area (Å²) in [5, 5.41) is 12.7. The van der Waals surface area contributed by atoms with Gasteiger partial charge in [-0.2, -0.15) is 4.89 Å². The Morgan fingerprint density at radius 2 is 1.51 bits per heavy atom. The summed E-state index contributed by atoms with van der Waals surface area (Å²) in [6.07, 6.45) is -0.275. The average Bonchev–Trinajstić information content (AvgIpc) is 3.12. The third kappa shape index (κ3) is 4.21. The van der Waals surface area contributed by atoms with Crippen LogP contribution in [0.5, 0.6) is 0 Å². The van der Waals surface area contributed by atoms with Gasteiger partial charge in [-0.3, -0.25) is 9.59 Å². The number of β-amino-alcohol motifs (C(OH)–C–C–N with tert-alkyl or cyclic N) is 1. The highest BCUT2D eigenvalue weighted by molar-refractivity contribution is 6.30. The lowest BCUT2D eigenvalue weighted by atomic mass is 9.67. The number of nitrogens with zero attached hydrogens (tertiary/aromatic N) is 1. The molecule has 1 N–H and O–H groups in total. The minimum atomic E-state index is -2.28. The van der Waals surface area contributed by atoms with Crippen molar-refractivity contribution >= 4 is 35.1 Å². The van der Waals surface area contributed by atoms with Crippen LogP contribution < -0.4 is 0 Å². The second-order valence-corrected chi connectivity index (χ2v) is 10.1. The van der Waals surface area contributed by atoms with Crippen molar-refractivity contribution in [3.05, 3.63) is 106 Å². The van der Waals surface area contributed by atoms with Crippen LogP contribution in [0.15, 0.2) is 78.9 Å². The molecule has 2 aliphatic rings. The molecule has 5 rings (SSSR count). The predicted octanol–water partition coefficient (Wildman–Crippen LogP) is 4.87.